The van der Waals surface area contributed by atoms with Gasteiger partial charge in [-0.1, -0.05) is 18.2 Å². The molecule has 122 valence electrons. The molecular formula is C17H15N3O2S2. The average molecular weight is 357 g/mol. The number of thiophene rings is 1. The predicted molar refractivity (Wildman–Crippen MR) is 96.4 cm³/mol. The minimum Gasteiger partial charge on any atom is -0.366 e. The van der Waals surface area contributed by atoms with Gasteiger partial charge in [-0.25, -0.2) is 4.98 Å². The van der Waals surface area contributed by atoms with E-state index in [0.717, 1.165) is 15.4 Å². The normalized spacial score (nSPS) is 10.5. The van der Waals surface area contributed by atoms with Gasteiger partial charge in [0.05, 0.1) is 4.88 Å². The summed E-state index contributed by atoms with van der Waals surface area (Å²) in [4.78, 5) is 28.8. The van der Waals surface area contributed by atoms with Crippen LogP contribution in [-0.2, 0) is 6.42 Å². The van der Waals surface area contributed by atoms with Gasteiger partial charge in [-0.15, -0.1) is 22.7 Å². The molecule has 0 bridgehead atoms. The first-order chi connectivity index (χ1) is 11.6. The van der Waals surface area contributed by atoms with Crippen molar-refractivity contribution in [2.75, 3.05) is 6.54 Å². The van der Waals surface area contributed by atoms with E-state index in [4.69, 9.17) is 5.73 Å². The molecule has 7 heteroatoms. The Hall–Kier alpha value is -2.51. The monoisotopic (exact) mass is 357 g/mol. The van der Waals surface area contributed by atoms with Crippen molar-refractivity contribution >= 4 is 34.5 Å². The van der Waals surface area contributed by atoms with Crippen LogP contribution in [0.25, 0.3) is 9.88 Å². The molecule has 5 nitrogen and oxygen atoms in total. The molecule has 2 amide bonds. The Balaban J connectivity index is 1.56. The second kappa shape index (κ2) is 7.37. The quantitative estimate of drug-likeness (QED) is 0.711. The Kier molecular flexibility index (Phi) is 5.02. The van der Waals surface area contributed by atoms with Gasteiger partial charge in [0.15, 0.2) is 0 Å². The molecule has 0 fully saturated rings. The number of nitrogens with two attached hydrogens (primary N) is 1. The topological polar surface area (TPSA) is 85.1 Å². The SMILES string of the molecule is NC(=O)c1cccc(CCNC(=O)c2csc(-c3cccs3)n2)c1. The summed E-state index contributed by atoms with van der Waals surface area (Å²) in [6.45, 7) is 0.465. The molecule has 2 heterocycles. The molecule has 24 heavy (non-hydrogen) atoms. The number of hydrogen-bond acceptors (Lipinski definition) is 5. The number of aromatic nitrogens is 1. The van der Waals surface area contributed by atoms with Crippen LogP contribution in [0.1, 0.15) is 26.4 Å². The van der Waals surface area contributed by atoms with E-state index in [-0.39, 0.29) is 5.91 Å². The van der Waals surface area contributed by atoms with Crippen LogP contribution in [0.15, 0.2) is 47.2 Å². The van der Waals surface area contributed by atoms with Crippen LogP contribution in [0.3, 0.4) is 0 Å². The molecule has 0 spiro atoms. The molecule has 0 aliphatic rings. The molecule has 0 saturated heterocycles. The van der Waals surface area contributed by atoms with Gasteiger partial charge in [0.2, 0.25) is 5.91 Å². The van der Waals surface area contributed by atoms with Crippen molar-refractivity contribution in [3.05, 3.63) is 64.0 Å². The molecule has 3 rings (SSSR count). The third-order valence-electron chi connectivity index (χ3n) is 3.38. The summed E-state index contributed by atoms with van der Waals surface area (Å²) < 4.78 is 0. The van der Waals surface area contributed by atoms with Gasteiger partial charge in [0.1, 0.15) is 10.7 Å². The van der Waals surface area contributed by atoms with Crippen LogP contribution < -0.4 is 11.1 Å². The van der Waals surface area contributed by atoms with E-state index in [2.05, 4.69) is 10.3 Å². The lowest BCUT2D eigenvalue weighted by Crippen LogP contribution is -2.26. The smallest absolute Gasteiger partial charge is 0.270 e. The van der Waals surface area contributed by atoms with Gasteiger partial charge >= 0.3 is 0 Å². The standard InChI is InChI=1S/C17H15N3O2S2/c18-15(21)12-4-1-3-11(9-12)6-7-19-16(22)13-10-24-17(20-13)14-5-2-8-23-14/h1-5,8-10H,6-7H2,(H2,18,21)(H,19,22). The molecule has 0 unspecified atom stereocenters. The van der Waals surface area contributed by atoms with Crippen molar-refractivity contribution in [2.45, 2.75) is 6.42 Å². The Bertz CT molecular complexity index is 856. The second-order valence-corrected chi connectivity index (χ2v) is 6.89. The van der Waals surface area contributed by atoms with Gasteiger partial charge in [-0.2, -0.15) is 0 Å². The number of rotatable bonds is 6. The van der Waals surface area contributed by atoms with E-state index >= 15 is 0 Å². The third kappa shape index (κ3) is 3.87. The number of carbonyl (C=O) groups excluding carboxylic acids is 2. The third-order valence-corrected chi connectivity index (χ3v) is 5.26. The Labute approximate surface area is 147 Å². The lowest BCUT2D eigenvalue weighted by atomic mass is 10.1. The van der Waals surface area contributed by atoms with Crippen molar-refractivity contribution in [3.8, 4) is 9.88 Å². The van der Waals surface area contributed by atoms with E-state index in [1.165, 1.54) is 11.3 Å². The molecule has 0 saturated carbocycles. The summed E-state index contributed by atoms with van der Waals surface area (Å²) in [6.07, 6.45) is 0.620. The fourth-order valence-electron chi connectivity index (χ4n) is 2.18. The van der Waals surface area contributed by atoms with Crippen LogP contribution in [-0.4, -0.2) is 23.3 Å². The number of nitrogens with zero attached hydrogens (tertiary/aromatic N) is 1. The summed E-state index contributed by atoms with van der Waals surface area (Å²) in [7, 11) is 0. The predicted octanol–water partition coefficient (Wildman–Crippen LogP) is 2.94. The number of primary amides is 1. The maximum Gasteiger partial charge on any atom is 0.270 e. The zero-order chi connectivity index (χ0) is 16.9. The van der Waals surface area contributed by atoms with Gasteiger partial charge < -0.3 is 11.1 Å². The first-order valence-electron chi connectivity index (χ1n) is 7.30. The average Bonchev–Trinajstić information content (AvgIpc) is 3.26. The van der Waals surface area contributed by atoms with Crippen LogP contribution in [0.5, 0.6) is 0 Å². The van der Waals surface area contributed by atoms with Crippen LogP contribution >= 0.6 is 22.7 Å². The van der Waals surface area contributed by atoms with Crippen molar-refractivity contribution in [3.63, 3.8) is 0 Å². The van der Waals surface area contributed by atoms with E-state index in [1.807, 2.05) is 23.6 Å². The molecule has 0 aliphatic heterocycles. The fraction of sp³-hybridized carbons (Fsp3) is 0.118. The van der Waals surface area contributed by atoms with Crippen molar-refractivity contribution in [2.24, 2.45) is 5.73 Å². The van der Waals surface area contributed by atoms with Crippen LogP contribution in [0.2, 0.25) is 0 Å². The zero-order valence-electron chi connectivity index (χ0n) is 12.7. The van der Waals surface area contributed by atoms with E-state index < -0.39 is 5.91 Å². The van der Waals surface area contributed by atoms with Crippen LogP contribution in [0, 0.1) is 0 Å². The lowest BCUT2D eigenvalue weighted by molar-refractivity contribution is 0.0948. The number of hydrogen-bond donors (Lipinski definition) is 2. The number of benzene rings is 1. The largest absolute Gasteiger partial charge is 0.366 e. The minimum absolute atomic E-state index is 0.194. The first-order valence-corrected chi connectivity index (χ1v) is 9.06. The molecule has 3 N–H and O–H groups in total. The highest BCUT2D eigenvalue weighted by molar-refractivity contribution is 7.20. The summed E-state index contributed by atoms with van der Waals surface area (Å²) >= 11 is 3.06. The summed E-state index contributed by atoms with van der Waals surface area (Å²) in [5, 5.41) is 7.44. The number of thiazole rings is 1. The fourth-order valence-corrected chi connectivity index (χ4v) is 3.80. The number of nitrogens with one attached hydrogen (secondary N) is 1. The lowest BCUT2D eigenvalue weighted by Gasteiger charge is -2.05. The van der Waals surface area contributed by atoms with Gasteiger partial charge in [0, 0.05) is 17.5 Å². The molecule has 2 aromatic heterocycles. The van der Waals surface area contributed by atoms with Gasteiger partial charge in [-0.3, -0.25) is 9.59 Å². The second-order valence-electron chi connectivity index (χ2n) is 5.09. The van der Waals surface area contributed by atoms with E-state index in [1.54, 1.807) is 34.9 Å². The maximum atomic E-state index is 12.2. The van der Waals surface area contributed by atoms with Crippen molar-refractivity contribution < 1.29 is 9.59 Å². The Morgan fingerprint density at radius 2 is 2.04 bits per heavy atom. The molecule has 0 radical (unpaired) electrons. The minimum atomic E-state index is -0.454. The van der Waals surface area contributed by atoms with E-state index in [9.17, 15) is 9.59 Å². The van der Waals surface area contributed by atoms with Crippen LogP contribution in [0.4, 0.5) is 0 Å². The number of carbonyl (C=O) groups is 2. The zero-order valence-corrected chi connectivity index (χ0v) is 14.3. The highest BCUT2D eigenvalue weighted by atomic mass is 32.1. The Morgan fingerprint density at radius 3 is 2.79 bits per heavy atom. The van der Waals surface area contributed by atoms with Gasteiger partial charge in [-0.05, 0) is 35.6 Å². The summed E-state index contributed by atoms with van der Waals surface area (Å²) in [5.41, 5.74) is 7.11. The molecule has 3 aromatic rings. The maximum absolute atomic E-state index is 12.2. The van der Waals surface area contributed by atoms with Crippen molar-refractivity contribution in [1.29, 1.82) is 0 Å². The summed E-state index contributed by atoms with van der Waals surface area (Å²) in [6, 6.07) is 11.0. The molecule has 0 atom stereocenters. The number of amides is 2. The highest BCUT2D eigenvalue weighted by Crippen LogP contribution is 2.27. The molecule has 1 aromatic carbocycles. The summed E-state index contributed by atoms with van der Waals surface area (Å²) in [5.74, 6) is -0.649. The molecular weight excluding hydrogens is 342 g/mol. The first kappa shape index (κ1) is 16.4. The van der Waals surface area contributed by atoms with Crippen molar-refractivity contribution in [1.82, 2.24) is 10.3 Å². The van der Waals surface area contributed by atoms with Gasteiger partial charge in [0.25, 0.3) is 5.91 Å². The Morgan fingerprint density at radius 1 is 1.17 bits per heavy atom. The van der Waals surface area contributed by atoms with E-state index in [0.29, 0.717) is 24.2 Å². The molecule has 0 aliphatic carbocycles. The highest BCUT2D eigenvalue weighted by Gasteiger charge is 2.12.